The van der Waals surface area contributed by atoms with Crippen molar-refractivity contribution in [2.45, 2.75) is 20.4 Å². The van der Waals surface area contributed by atoms with Gasteiger partial charge in [-0.25, -0.2) is 0 Å². The molecule has 0 saturated heterocycles. The van der Waals surface area contributed by atoms with E-state index in [1.54, 1.807) is 13.1 Å². The summed E-state index contributed by atoms with van der Waals surface area (Å²) >= 11 is 0. The number of nitrogens with zero attached hydrogens (tertiary/aromatic N) is 1. The van der Waals surface area contributed by atoms with Gasteiger partial charge in [-0.15, -0.1) is 0 Å². The average molecular weight is 194 g/mol. The molecule has 0 aromatic carbocycles. The third-order valence-electron chi connectivity index (χ3n) is 2.04. The first-order valence-electron chi connectivity index (χ1n) is 4.44. The van der Waals surface area contributed by atoms with Crippen LogP contribution < -0.4 is 10.9 Å². The van der Waals surface area contributed by atoms with Gasteiger partial charge in [-0.05, 0) is 26.0 Å². The van der Waals surface area contributed by atoms with Crippen LogP contribution in [0.3, 0.4) is 0 Å². The van der Waals surface area contributed by atoms with Crippen LogP contribution in [0.15, 0.2) is 16.9 Å². The van der Waals surface area contributed by atoms with Gasteiger partial charge in [-0.3, -0.25) is 9.59 Å². The lowest BCUT2D eigenvalue weighted by molar-refractivity contribution is -0.117. The average Bonchev–Trinajstić information content (AvgIpc) is 2.12. The summed E-state index contributed by atoms with van der Waals surface area (Å²) in [7, 11) is 1.68. The van der Waals surface area contributed by atoms with Gasteiger partial charge in [0.25, 0.3) is 5.56 Å². The Morgan fingerprint density at radius 3 is 2.64 bits per heavy atom. The smallest absolute Gasteiger partial charge is 0.274 e. The molecule has 0 aliphatic rings. The Labute approximate surface area is 82.6 Å². The molecule has 1 aromatic heterocycles. The minimum absolute atomic E-state index is 0.0246. The Morgan fingerprint density at radius 2 is 2.14 bits per heavy atom. The maximum Gasteiger partial charge on any atom is 0.274 e. The number of carbonyl (C=O) groups excluding carboxylic acids is 1. The Kier molecular flexibility index (Phi) is 3.06. The summed E-state index contributed by atoms with van der Waals surface area (Å²) in [5.74, 6) is -0.0246. The second-order valence-electron chi connectivity index (χ2n) is 3.23. The van der Waals surface area contributed by atoms with Crippen molar-refractivity contribution in [2.75, 3.05) is 12.4 Å². The third-order valence-corrected chi connectivity index (χ3v) is 2.04. The summed E-state index contributed by atoms with van der Waals surface area (Å²) in [6.07, 6.45) is 0. The number of aromatic nitrogens is 1. The van der Waals surface area contributed by atoms with Crippen molar-refractivity contribution >= 4 is 11.5 Å². The van der Waals surface area contributed by atoms with Crippen molar-refractivity contribution in [3.8, 4) is 0 Å². The number of ketones is 1. The SMILES string of the molecule is CNc1ccc(C)n(CC(C)=O)c1=O. The predicted molar refractivity (Wildman–Crippen MR) is 55.7 cm³/mol. The first-order chi connectivity index (χ1) is 6.56. The normalized spacial score (nSPS) is 9.93. The van der Waals surface area contributed by atoms with Crippen LogP contribution in [0.4, 0.5) is 5.69 Å². The fourth-order valence-electron chi connectivity index (χ4n) is 1.28. The molecule has 0 bridgehead atoms. The Morgan fingerprint density at radius 1 is 1.50 bits per heavy atom. The molecule has 1 N–H and O–H groups in total. The molecule has 76 valence electrons. The molecule has 4 heteroatoms. The monoisotopic (exact) mass is 194 g/mol. The number of carbonyl (C=O) groups is 1. The highest BCUT2D eigenvalue weighted by molar-refractivity contribution is 5.75. The zero-order chi connectivity index (χ0) is 10.7. The number of hydrogen-bond acceptors (Lipinski definition) is 3. The molecule has 0 aliphatic carbocycles. The van der Waals surface area contributed by atoms with E-state index in [1.807, 2.05) is 13.0 Å². The van der Waals surface area contributed by atoms with E-state index >= 15 is 0 Å². The summed E-state index contributed by atoms with van der Waals surface area (Å²) in [5, 5.41) is 2.79. The Hall–Kier alpha value is -1.58. The lowest BCUT2D eigenvalue weighted by Gasteiger charge is -2.09. The third kappa shape index (κ3) is 2.02. The minimum atomic E-state index is -0.150. The highest BCUT2D eigenvalue weighted by Gasteiger charge is 2.06. The van der Waals surface area contributed by atoms with Crippen LogP contribution in [0.5, 0.6) is 0 Å². The topological polar surface area (TPSA) is 51.1 Å². The van der Waals surface area contributed by atoms with E-state index in [0.29, 0.717) is 5.69 Å². The van der Waals surface area contributed by atoms with Crippen LogP contribution in [-0.2, 0) is 11.3 Å². The van der Waals surface area contributed by atoms with Crippen molar-refractivity contribution in [1.29, 1.82) is 0 Å². The highest BCUT2D eigenvalue weighted by atomic mass is 16.1. The van der Waals surface area contributed by atoms with Crippen LogP contribution >= 0.6 is 0 Å². The maximum atomic E-state index is 11.7. The summed E-state index contributed by atoms with van der Waals surface area (Å²) in [5.41, 5.74) is 1.16. The van der Waals surface area contributed by atoms with Gasteiger partial charge in [0, 0.05) is 12.7 Å². The fourth-order valence-corrected chi connectivity index (χ4v) is 1.28. The number of anilines is 1. The van der Waals surface area contributed by atoms with E-state index < -0.39 is 0 Å². The van der Waals surface area contributed by atoms with Gasteiger partial charge in [-0.1, -0.05) is 0 Å². The zero-order valence-electron chi connectivity index (χ0n) is 8.63. The molecule has 0 atom stereocenters. The predicted octanol–water partition coefficient (Wildman–Crippen LogP) is 0.787. The van der Waals surface area contributed by atoms with Crippen molar-refractivity contribution in [1.82, 2.24) is 4.57 Å². The lowest BCUT2D eigenvalue weighted by Crippen LogP contribution is -2.26. The molecular formula is C10H14N2O2. The van der Waals surface area contributed by atoms with Gasteiger partial charge in [0.1, 0.15) is 11.5 Å². The van der Waals surface area contributed by atoms with Gasteiger partial charge >= 0.3 is 0 Å². The molecule has 4 nitrogen and oxygen atoms in total. The fraction of sp³-hybridized carbons (Fsp3) is 0.400. The molecule has 1 heterocycles. The van der Waals surface area contributed by atoms with Gasteiger partial charge in [-0.2, -0.15) is 0 Å². The summed E-state index contributed by atoms with van der Waals surface area (Å²) < 4.78 is 1.47. The van der Waals surface area contributed by atoms with E-state index in [0.717, 1.165) is 5.69 Å². The van der Waals surface area contributed by atoms with Gasteiger partial charge in [0.15, 0.2) is 0 Å². The van der Waals surface area contributed by atoms with E-state index in [2.05, 4.69) is 5.32 Å². The van der Waals surface area contributed by atoms with Crippen LogP contribution in [0.2, 0.25) is 0 Å². The largest absolute Gasteiger partial charge is 0.384 e. The quantitative estimate of drug-likeness (QED) is 0.773. The minimum Gasteiger partial charge on any atom is -0.384 e. The highest BCUT2D eigenvalue weighted by Crippen LogP contribution is 2.02. The van der Waals surface area contributed by atoms with Gasteiger partial charge in [0.05, 0.1) is 6.54 Å². The van der Waals surface area contributed by atoms with Gasteiger partial charge in [0.2, 0.25) is 0 Å². The summed E-state index contributed by atoms with van der Waals surface area (Å²) in [6.45, 7) is 3.42. The molecule has 0 unspecified atom stereocenters. The van der Waals surface area contributed by atoms with E-state index in [1.165, 1.54) is 11.5 Å². The van der Waals surface area contributed by atoms with Crippen LogP contribution in [0, 0.1) is 6.92 Å². The molecule has 0 spiro atoms. The number of nitrogens with one attached hydrogen (secondary N) is 1. The molecule has 1 aromatic rings. The molecule has 14 heavy (non-hydrogen) atoms. The number of hydrogen-bond donors (Lipinski definition) is 1. The van der Waals surface area contributed by atoms with Crippen molar-refractivity contribution in [2.24, 2.45) is 0 Å². The zero-order valence-corrected chi connectivity index (χ0v) is 8.63. The molecule has 0 amide bonds. The second kappa shape index (κ2) is 4.09. The van der Waals surface area contributed by atoms with E-state index in [9.17, 15) is 9.59 Å². The van der Waals surface area contributed by atoms with E-state index in [-0.39, 0.29) is 17.9 Å². The summed E-state index contributed by atoms with van der Waals surface area (Å²) in [4.78, 5) is 22.6. The number of aryl methyl sites for hydroxylation is 1. The number of Topliss-reactive ketones (excluding diaryl/α,β-unsaturated/α-hetero) is 1. The lowest BCUT2D eigenvalue weighted by atomic mass is 10.3. The van der Waals surface area contributed by atoms with Crippen LogP contribution in [0.25, 0.3) is 0 Å². The molecule has 0 aliphatic heterocycles. The number of rotatable bonds is 3. The molecule has 0 saturated carbocycles. The number of pyridine rings is 1. The molecular weight excluding hydrogens is 180 g/mol. The van der Waals surface area contributed by atoms with Crippen molar-refractivity contribution < 1.29 is 4.79 Å². The van der Waals surface area contributed by atoms with Crippen LogP contribution in [0.1, 0.15) is 12.6 Å². The first-order valence-corrected chi connectivity index (χ1v) is 4.44. The molecule has 1 rings (SSSR count). The van der Waals surface area contributed by atoms with Crippen molar-refractivity contribution in [3.05, 3.63) is 28.2 Å². The standard InChI is InChI=1S/C10H14N2O2/c1-7-4-5-9(11-3)10(14)12(7)6-8(2)13/h4-5,11H,6H2,1-3H3. The first kappa shape index (κ1) is 10.5. The van der Waals surface area contributed by atoms with E-state index in [4.69, 9.17) is 0 Å². The molecule has 0 radical (unpaired) electrons. The van der Waals surface area contributed by atoms with Crippen molar-refractivity contribution in [3.63, 3.8) is 0 Å². The Bertz CT molecular complexity index is 407. The van der Waals surface area contributed by atoms with Crippen LogP contribution in [-0.4, -0.2) is 17.4 Å². The Balaban J connectivity index is 3.25. The maximum absolute atomic E-state index is 11.7. The molecule has 0 fully saturated rings. The summed E-state index contributed by atoms with van der Waals surface area (Å²) in [6, 6.07) is 3.53. The second-order valence-corrected chi connectivity index (χ2v) is 3.23. The van der Waals surface area contributed by atoms with Gasteiger partial charge < -0.3 is 9.88 Å².